The molecular formula is C17H17N9. The molecule has 0 atom stereocenters. The van der Waals surface area contributed by atoms with Crippen molar-refractivity contribution in [3.05, 3.63) is 30.6 Å². The zero-order chi connectivity index (χ0) is 17.5. The van der Waals surface area contributed by atoms with Crippen LogP contribution in [-0.4, -0.2) is 55.7 Å². The molecule has 0 unspecified atom stereocenters. The Balaban J connectivity index is 1.37. The molecule has 2 fully saturated rings. The largest absolute Gasteiger partial charge is 0.351 e. The summed E-state index contributed by atoms with van der Waals surface area (Å²) in [4.78, 5) is 26.4. The third-order valence-electron chi connectivity index (χ3n) is 4.90. The Bertz CT molecular complexity index is 993. The molecule has 130 valence electrons. The van der Waals surface area contributed by atoms with Crippen LogP contribution >= 0.6 is 0 Å². The summed E-state index contributed by atoms with van der Waals surface area (Å²) in [6, 6.07) is 4.23. The van der Waals surface area contributed by atoms with Gasteiger partial charge >= 0.3 is 0 Å². The van der Waals surface area contributed by atoms with E-state index in [9.17, 15) is 0 Å². The summed E-state index contributed by atoms with van der Waals surface area (Å²) in [5.74, 6) is 1.50. The first-order chi connectivity index (χ1) is 12.8. The molecule has 9 nitrogen and oxygen atoms in total. The Kier molecular flexibility index (Phi) is 3.41. The summed E-state index contributed by atoms with van der Waals surface area (Å²) in [7, 11) is 0. The van der Waals surface area contributed by atoms with Crippen molar-refractivity contribution in [1.82, 2.24) is 29.5 Å². The van der Waals surface area contributed by atoms with Crippen molar-refractivity contribution in [3.63, 3.8) is 0 Å². The van der Waals surface area contributed by atoms with Crippen LogP contribution in [0.2, 0.25) is 0 Å². The number of hydrogen-bond acceptors (Lipinski definition) is 8. The van der Waals surface area contributed by atoms with Gasteiger partial charge in [-0.2, -0.15) is 5.26 Å². The second kappa shape index (κ2) is 5.91. The Morgan fingerprint density at radius 2 is 1.81 bits per heavy atom. The summed E-state index contributed by atoms with van der Waals surface area (Å²) < 4.78 is 2.16. The fourth-order valence-corrected chi connectivity index (χ4v) is 3.37. The van der Waals surface area contributed by atoms with Gasteiger partial charge in [0.1, 0.15) is 18.1 Å². The topological polar surface area (TPSA) is 99.6 Å². The molecule has 0 bridgehead atoms. The van der Waals surface area contributed by atoms with E-state index in [1.165, 1.54) is 12.8 Å². The van der Waals surface area contributed by atoms with Crippen LogP contribution in [0.4, 0.5) is 11.8 Å². The van der Waals surface area contributed by atoms with Gasteiger partial charge in [0.25, 0.3) is 0 Å². The predicted molar refractivity (Wildman–Crippen MR) is 94.8 cm³/mol. The smallest absolute Gasteiger partial charge is 0.226 e. The summed E-state index contributed by atoms with van der Waals surface area (Å²) in [6.07, 6.45) is 7.55. The number of hydrogen-bond donors (Lipinski definition) is 0. The first-order valence-corrected chi connectivity index (χ1v) is 8.74. The van der Waals surface area contributed by atoms with E-state index in [1.807, 2.05) is 6.33 Å². The third-order valence-corrected chi connectivity index (χ3v) is 4.90. The lowest BCUT2D eigenvalue weighted by atomic mass is 10.3. The first-order valence-electron chi connectivity index (χ1n) is 8.74. The molecule has 0 N–H and O–H groups in total. The first kappa shape index (κ1) is 15.0. The molecule has 1 aliphatic heterocycles. The van der Waals surface area contributed by atoms with E-state index < -0.39 is 0 Å². The van der Waals surface area contributed by atoms with Crippen molar-refractivity contribution in [1.29, 1.82) is 5.26 Å². The fourth-order valence-electron chi connectivity index (χ4n) is 3.37. The van der Waals surface area contributed by atoms with Crippen molar-refractivity contribution in [2.24, 2.45) is 0 Å². The normalized spacial score (nSPS) is 17.5. The van der Waals surface area contributed by atoms with E-state index >= 15 is 0 Å². The van der Waals surface area contributed by atoms with Gasteiger partial charge in [-0.1, -0.05) is 0 Å². The molecule has 1 aliphatic carbocycles. The van der Waals surface area contributed by atoms with Crippen LogP contribution in [0.1, 0.15) is 24.6 Å². The van der Waals surface area contributed by atoms with E-state index in [4.69, 9.17) is 5.26 Å². The standard InChI is InChI=1S/C17H17N9/c18-9-12-3-4-19-17(23-12)25-7-5-24(6-8-25)15-14-16(21-10-20-15)26(11-22-14)13-1-2-13/h3-4,10-11,13H,1-2,5-8H2. The van der Waals surface area contributed by atoms with Crippen molar-refractivity contribution < 1.29 is 0 Å². The van der Waals surface area contributed by atoms with Gasteiger partial charge in [0.05, 0.1) is 6.33 Å². The number of piperazine rings is 1. The number of anilines is 2. The highest BCUT2D eigenvalue weighted by atomic mass is 15.3. The van der Waals surface area contributed by atoms with Gasteiger partial charge in [0.2, 0.25) is 5.95 Å². The monoisotopic (exact) mass is 347 g/mol. The van der Waals surface area contributed by atoms with E-state index in [0.29, 0.717) is 17.7 Å². The van der Waals surface area contributed by atoms with E-state index in [2.05, 4.69) is 45.4 Å². The minimum absolute atomic E-state index is 0.389. The van der Waals surface area contributed by atoms with Crippen LogP contribution in [-0.2, 0) is 0 Å². The van der Waals surface area contributed by atoms with Crippen molar-refractivity contribution >= 4 is 22.9 Å². The van der Waals surface area contributed by atoms with E-state index in [-0.39, 0.29) is 0 Å². The summed E-state index contributed by atoms with van der Waals surface area (Å²) >= 11 is 0. The third kappa shape index (κ3) is 2.50. The van der Waals surface area contributed by atoms with Crippen LogP contribution in [0.5, 0.6) is 0 Å². The average molecular weight is 347 g/mol. The van der Waals surface area contributed by atoms with Crippen molar-refractivity contribution in [3.8, 4) is 6.07 Å². The molecule has 26 heavy (non-hydrogen) atoms. The zero-order valence-electron chi connectivity index (χ0n) is 14.2. The number of fused-ring (bicyclic) bond motifs is 1. The highest BCUT2D eigenvalue weighted by Gasteiger charge is 2.28. The summed E-state index contributed by atoms with van der Waals surface area (Å²) in [6.45, 7) is 3.12. The second-order valence-corrected chi connectivity index (χ2v) is 6.58. The van der Waals surface area contributed by atoms with E-state index in [0.717, 1.165) is 43.2 Å². The van der Waals surface area contributed by atoms with Crippen molar-refractivity contribution in [2.75, 3.05) is 36.0 Å². The molecule has 0 aromatic carbocycles. The molecule has 3 aromatic rings. The molecule has 3 aromatic heterocycles. The molecule has 0 amide bonds. The zero-order valence-corrected chi connectivity index (χ0v) is 14.2. The highest BCUT2D eigenvalue weighted by molar-refractivity contribution is 5.83. The van der Waals surface area contributed by atoms with Gasteiger partial charge < -0.3 is 14.4 Å². The summed E-state index contributed by atoms with van der Waals surface area (Å²) in [5, 5.41) is 9.01. The van der Waals surface area contributed by atoms with Gasteiger partial charge in [0, 0.05) is 38.4 Å². The molecule has 1 saturated carbocycles. The minimum Gasteiger partial charge on any atom is -0.351 e. The highest BCUT2D eigenvalue weighted by Crippen LogP contribution is 2.37. The number of rotatable bonds is 3. The van der Waals surface area contributed by atoms with Crippen LogP contribution < -0.4 is 9.80 Å². The maximum Gasteiger partial charge on any atom is 0.226 e. The quantitative estimate of drug-likeness (QED) is 0.695. The second-order valence-electron chi connectivity index (χ2n) is 6.58. The van der Waals surface area contributed by atoms with Crippen molar-refractivity contribution in [2.45, 2.75) is 18.9 Å². The SMILES string of the molecule is N#Cc1ccnc(N2CCN(c3ncnc4c3ncn4C3CC3)CC2)n1. The van der Waals surface area contributed by atoms with Crippen LogP contribution in [0, 0.1) is 11.3 Å². The summed E-state index contributed by atoms with van der Waals surface area (Å²) in [5.41, 5.74) is 2.18. The lowest BCUT2D eigenvalue weighted by Gasteiger charge is -2.35. The van der Waals surface area contributed by atoms with E-state index in [1.54, 1.807) is 18.6 Å². The molecular weight excluding hydrogens is 330 g/mol. The van der Waals surface area contributed by atoms with Gasteiger partial charge in [-0.25, -0.2) is 24.9 Å². The van der Waals surface area contributed by atoms with Gasteiger partial charge in [-0.15, -0.1) is 0 Å². The Hall–Kier alpha value is -3.28. The maximum atomic E-state index is 9.01. The number of imidazole rings is 1. The fraction of sp³-hybridized carbons (Fsp3) is 0.412. The lowest BCUT2D eigenvalue weighted by Crippen LogP contribution is -2.47. The number of aromatic nitrogens is 6. The van der Waals surface area contributed by atoms with Crippen LogP contribution in [0.3, 0.4) is 0 Å². The van der Waals surface area contributed by atoms with Gasteiger partial charge in [-0.3, -0.25) is 0 Å². The molecule has 2 aliphatic rings. The lowest BCUT2D eigenvalue weighted by molar-refractivity contribution is 0.635. The maximum absolute atomic E-state index is 9.01. The molecule has 5 rings (SSSR count). The molecule has 9 heteroatoms. The Labute approximate surface area is 150 Å². The molecule has 1 saturated heterocycles. The minimum atomic E-state index is 0.389. The number of nitriles is 1. The Morgan fingerprint density at radius 1 is 1.00 bits per heavy atom. The predicted octanol–water partition coefficient (Wildman–Crippen LogP) is 1.15. The number of nitrogens with zero attached hydrogens (tertiary/aromatic N) is 9. The van der Waals surface area contributed by atoms with Crippen LogP contribution in [0.15, 0.2) is 24.9 Å². The van der Waals surface area contributed by atoms with Gasteiger partial charge in [-0.05, 0) is 18.9 Å². The molecule has 0 radical (unpaired) electrons. The molecule has 0 spiro atoms. The van der Waals surface area contributed by atoms with Gasteiger partial charge in [0.15, 0.2) is 17.0 Å². The molecule has 4 heterocycles. The average Bonchev–Trinajstić information content (AvgIpc) is 3.46. The van der Waals surface area contributed by atoms with Crippen LogP contribution in [0.25, 0.3) is 11.2 Å². The Morgan fingerprint density at radius 3 is 2.58 bits per heavy atom.